The minimum atomic E-state index is -3.46. The van der Waals surface area contributed by atoms with Gasteiger partial charge in [0.1, 0.15) is 0 Å². The van der Waals surface area contributed by atoms with Gasteiger partial charge in [-0.05, 0) is 12.8 Å². The Morgan fingerprint density at radius 3 is 2.15 bits per heavy atom. The fraction of sp³-hybridized carbons (Fsp3) is 1.00. The Kier molecular flexibility index (Phi) is 3.70. The molecule has 1 aliphatic carbocycles. The third kappa shape index (κ3) is 3.25. The average Bonchev–Trinajstić information content (AvgIpc) is 2.05. The second-order valence-electron chi connectivity index (χ2n) is 3.60. The summed E-state index contributed by atoms with van der Waals surface area (Å²) in [4.78, 5) is 0. The molecule has 0 aromatic carbocycles. The van der Waals surface area contributed by atoms with Crippen LogP contribution in [0.4, 0.5) is 0 Å². The predicted molar refractivity (Wildman–Crippen MR) is 50.6 cm³/mol. The summed E-state index contributed by atoms with van der Waals surface area (Å²) in [7, 11) is -0.496. The molecule has 78 valence electrons. The van der Waals surface area contributed by atoms with E-state index in [0.29, 0.717) is 0 Å². The zero-order valence-corrected chi connectivity index (χ0v) is 9.01. The molecule has 0 unspecified atom stereocenters. The van der Waals surface area contributed by atoms with E-state index < -0.39 is 10.3 Å². The summed E-state index contributed by atoms with van der Waals surface area (Å²) in [6.07, 6.45) is 4.99. The summed E-state index contributed by atoms with van der Waals surface area (Å²) in [5, 5.41) is 0. The first kappa shape index (κ1) is 10.9. The summed E-state index contributed by atoms with van der Waals surface area (Å²) < 4.78 is 28.8. The molecule has 0 radical (unpaired) electrons. The van der Waals surface area contributed by atoms with Crippen molar-refractivity contribution in [3.8, 4) is 0 Å². The summed E-state index contributed by atoms with van der Waals surface area (Å²) in [5.74, 6) is 0. The Hall–Kier alpha value is -0.130. The molecule has 0 amide bonds. The standard InChI is InChI=1S/C8H17NO3S/c1-9(2)13(10,11)12-8-6-4-3-5-7-8/h8H,3-7H2,1-2H3. The number of hydrogen-bond acceptors (Lipinski definition) is 3. The second kappa shape index (κ2) is 4.39. The summed E-state index contributed by atoms with van der Waals surface area (Å²) >= 11 is 0. The average molecular weight is 207 g/mol. The largest absolute Gasteiger partial charge is 0.338 e. The van der Waals surface area contributed by atoms with Crippen LogP contribution in [0.1, 0.15) is 32.1 Å². The Morgan fingerprint density at radius 2 is 1.69 bits per heavy atom. The first-order chi connectivity index (χ1) is 6.02. The van der Waals surface area contributed by atoms with Crippen molar-refractivity contribution in [2.75, 3.05) is 14.1 Å². The van der Waals surface area contributed by atoms with E-state index in [-0.39, 0.29) is 6.10 Å². The molecule has 1 rings (SSSR count). The lowest BCUT2D eigenvalue weighted by Crippen LogP contribution is -2.30. The van der Waals surface area contributed by atoms with Gasteiger partial charge in [-0.25, -0.2) is 0 Å². The quantitative estimate of drug-likeness (QED) is 0.697. The highest BCUT2D eigenvalue weighted by Gasteiger charge is 2.22. The van der Waals surface area contributed by atoms with Crippen molar-refractivity contribution in [3.05, 3.63) is 0 Å². The molecule has 1 aliphatic rings. The number of hydrogen-bond donors (Lipinski definition) is 0. The van der Waals surface area contributed by atoms with E-state index in [9.17, 15) is 8.42 Å². The van der Waals surface area contributed by atoms with Gasteiger partial charge in [0, 0.05) is 14.1 Å². The van der Waals surface area contributed by atoms with Crippen LogP contribution in [0, 0.1) is 0 Å². The van der Waals surface area contributed by atoms with Crippen molar-refractivity contribution >= 4 is 10.3 Å². The maximum atomic E-state index is 11.3. The number of rotatable bonds is 3. The van der Waals surface area contributed by atoms with E-state index in [1.165, 1.54) is 20.5 Å². The van der Waals surface area contributed by atoms with E-state index in [1.807, 2.05) is 0 Å². The molecule has 0 atom stereocenters. The molecular weight excluding hydrogens is 190 g/mol. The maximum Gasteiger partial charge on any atom is 0.338 e. The van der Waals surface area contributed by atoms with Crippen molar-refractivity contribution in [1.29, 1.82) is 0 Å². The van der Waals surface area contributed by atoms with Gasteiger partial charge in [0.2, 0.25) is 0 Å². The van der Waals surface area contributed by atoms with Gasteiger partial charge in [-0.3, -0.25) is 4.18 Å². The molecule has 0 spiro atoms. The van der Waals surface area contributed by atoms with E-state index in [0.717, 1.165) is 30.0 Å². The molecule has 0 aliphatic heterocycles. The predicted octanol–water partition coefficient (Wildman–Crippen LogP) is 1.14. The Morgan fingerprint density at radius 1 is 1.15 bits per heavy atom. The summed E-state index contributed by atoms with van der Waals surface area (Å²) in [5.41, 5.74) is 0. The molecule has 0 aromatic heterocycles. The third-order valence-electron chi connectivity index (χ3n) is 2.26. The zero-order valence-electron chi connectivity index (χ0n) is 8.19. The lowest BCUT2D eigenvalue weighted by Gasteiger charge is -2.22. The van der Waals surface area contributed by atoms with Gasteiger partial charge in [-0.15, -0.1) is 0 Å². The molecule has 0 bridgehead atoms. The molecule has 0 saturated heterocycles. The molecule has 4 nitrogen and oxygen atoms in total. The minimum absolute atomic E-state index is 0.0962. The first-order valence-corrected chi connectivity index (χ1v) is 5.99. The highest BCUT2D eigenvalue weighted by molar-refractivity contribution is 7.84. The van der Waals surface area contributed by atoms with Crippen LogP contribution in [0.3, 0.4) is 0 Å². The molecule has 5 heteroatoms. The molecule has 1 saturated carbocycles. The smallest absolute Gasteiger partial charge is 0.255 e. The van der Waals surface area contributed by atoms with Crippen molar-refractivity contribution in [2.45, 2.75) is 38.2 Å². The lowest BCUT2D eigenvalue weighted by molar-refractivity contribution is 0.151. The summed E-state index contributed by atoms with van der Waals surface area (Å²) in [6, 6.07) is 0. The van der Waals surface area contributed by atoms with Gasteiger partial charge in [0.25, 0.3) is 0 Å². The molecule has 0 aromatic rings. The normalized spacial score (nSPS) is 20.8. The van der Waals surface area contributed by atoms with Gasteiger partial charge in [-0.1, -0.05) is 19.3 Å². The molecular formula is C8H17NO3S. The van der Waals surface area contributed by atoms with E-state index in [2.05, 4.69) is 0 Å². The number of nitrogens with zero attached hydrogens (tertiary/aromatic N) is 1. The van der Waals surface area contributed by atoms with Crippen molar-refractivity contribution in [1.82, 2.24) is 4.31 Å². The molecule has 0 N–H and O–H groups in total. The van der Waals surface area contributed by atoms with Crippen LogP contribution in [-0.4, -0.2) is 32.9 Å². The van der Waals surface area contributed by atoms with Crippen LogP contribution in [0.15, 0.2) is 0 Å². The monoisotopic (exact) mass is 207 g/mol. The summed E-state index contributed by atoms with van der Waals surface area (Å²) in [6.45, 7) is 0. The second-order valence-corrected chi connectivity index (χ2v) is 5.37. The van der Waals surface area contributed by atoms with Gasteiger partial charge in [0.05, 0.1) is 6.10 Å². The Labute approximate surface area is 80.1 Å². The first-order valence-electron chi connectivity index (χ1n) is 4.63. The lowest BCUT2D eigenvalue weighted by atomic mass is 9.98. The Balaban J connectivity index is 2.47. The van der Waals surface area contributed by atoms with Crippen LogP contribution in [-0.2, 0) is 14.5 Å². The molecule has 1 fully saturated rings. The Bertz CT molecular complexity index is 242. The SMILES string of the molecule is CN(C)S(=O)(=O)OC1CCCCC1. The fourth-order valence-corrected chi connectivity index (χ4v) is 2.13. The van der Waals surface area contributed by atoms with Crippen LogP contribution in [0.5, 0.6) is 0 Å². The van der Waals surface area contributed by atoms with E-state index >= 15 is 0 Å². The molecule has 0 heterocycles. The van der Waals surface area contributed by atoms with Gasteiger partial charge >= 0.3 is 10.3 Å². The highest BCUT2D eigenvalue weighted by atomic mass is 32.2. The third-order valence-corrected chi connectivity index (χ3v) is 3.67. The molecule has 13 heavy (non-hydrogen) atoms. The van der Waals surface area contributed by atoms with Crippen molar-refractivity contribution in [3.63, 3.8) is 0 Å². The fourth-order valence-electron chi connectivity index (χ4n) is 1.42. The van der Waals surface area contributed by atoms with Gasteiger partial charge < -0.3 is 0 Å². The topological polar surface area (TPSA) is 46.6 Å². The maximum absolute atomic E-state index is 11.3. The van der Waals surface area contributed by atoms with Crippen LogP contribution in [0.2, 0.25) is 0 Å². The van der Waals surface area contributed by atoms with Crippen LogP contribution < -0.4 is 0 Å². The van der Waals surface area contributed by atoms with Crippen molar-refractivity contribution in [2.24, 2.45) is 0 Å². The highest BCUT2D eigenvalue weighted by Crippen LogP contribution is 2.22. The van der Waals surface area contributed by atoms with E-state index in [4.69, 9.17) is 4.18 Å². The van der Waals surface area contributed by atoms with Crippen molar-refractivity contribution < 1.29 is 12.6 Å². The van der Waals surface area contributed by atoms with Gasteiger partial charge in [0.15, 0.2) is 0 Å². The minimum Gasteiger partial charge on any atom is -0.255 e. The van der Waals surface area contributed by atoms with Crippen LogP contribution >= 0.6 is 0 Å². The van der Waals surface area contributed by atoms with E-state index in [1.54, 1.807) is 0 Å². The van der Waals surface area contributed by atoms with Crippen LogP contribution in [0.25, 0.3) is 0 Å². The van der Waals surface area contributed by atoms with Gasteiger partial charge in [-0.2, -0.15) is 12.7 Å². The zero-order chi connectivity index (χ0) is 9.90.